The molecule has 8 nitrogen and oxygen atoms in total. The van der Waals surface area contributed by atoms with Crippen molar-refractivity contribution in [2.24, 2.45) is 18.7 Å². The van der Waals surface area contributed by atoms with Crippen LogP contribution in [0.1, 0.15) is 41.9 Å². The second-order valence-corrected chi connectivity index (χ2v) is 7.72. The van der Waals surface area contributed by atoms with Crippen LogP contribution < -0.4 is 11.1 Å². The van der Waals surface area contributed by atoms with Gasteiger partial charge in [0.05, 0.1) is 12.6 Å². The predicted octanol–water partition coefficient (Wildman–Crippen LogP) is 1.52. The van der Waals surface area contributed by atoms with Crippen LogP contribution in [-0.2, 0) is 37.8 Å². The number of hydrogen-bond donors (Lipinski definition) is 2. The van der Waals surface area contributed by atoms with E-state index in [1.807, 2.05) is 48.1 Å². The van der Waals surface area contributed by atoms with E-state index in [-0.39, 0.29) is 18.5 Å². The molecule has 1 saturated carbocycles. The summed E-state index contributed by atoms with van der Waals surface area (Å²) in [7, 11) is 1.90. The second-order valence-electron chi connectivity index (χ2n) is 7.72. The van der Waals surface area contributed by atoms with Crippen LogP contribution >= 0.6 is 0 Å². The highest BCUT2D eigenvalue weighted by molar-refractivity contribution is 5.75. The van der Waals surface area contributed by atoms with Crippen molar-refractivity contribution in [3.63, 3.8) is 0 Å². The van der Waals surface area contributed by atoms with Crippen LogP contribution in [0.3, 0.4) is 0 Å². The van der Waals surface area contributed by atoms with Gasteiger partial charge in [0.1, 0.15) is 18.2 Å². The largest absolute Gasteiger partial charge is 0.347 e. The van der Waals surface area contributed by atoms with Crippen LogP contribution in [0, 0.1) is 5.92 Å². The highest BCUT2D eigenvalue weighted by Crippen LogP contribution is 2.32. The Morgan fingerprint density at radius 1 is 1.31 bits per heavy atom. The van der Waals surface area contributed by atoms with Gasteiger partial charge in [-0.1, -0.05) is 30.3 Å². The van der Waals surface area contributed by atoms with Gasteiger partial charge in [-0.15, -0.1) is 0 Å². The maximum absolute atomic E-state index is 12.5. The molecule has 1 amide bonds. The van der Waals surface area contributed by atoms with Crippen molar-refractivity contribution in [1.29, 1.82) is 0 Å². The first-order valence-corrected chi connectivity index (χ1v) is 10.0. The minimum Gasteiger partial charge on any atom is -0.347 e. The Hall–Kier alpha value is -3.00. The Morgan fingerprint density at radius 3 is 2.79 bits per heavy atom. The molecule has 2 aromatic heterocycles. The summed E-state index contributed by atoms with van der Waals surface area (Å²) in [6, 6.07) is 9.75. The predicted molar refractivity (Wildman–Crippen MR) is 109 cm³/mol. The lowest BCUT2D eigenvalue weighted by molar-refractivity contribution is -0.122. The molecule has 8 heteroatoms. The molecule has 1 aromatic carbocycles. The first kappa shape index (κ1) is 19.3. The van der Waals surface area contributed by atoms with E-state index in [9.17, 15) is 4.79 Å². The third-order valence-corrected chi connectivity index (χ3v) is 5.20. The van der Waals surface area contributed by atoms with E-state index in [1.54, 1.807) is 10.9 Å². The van der Waals surface area contributed by atoms with Crippen LogP contribution in [0.15, 0.2) is 42.7 Å². The maximum atomic E-state index is 12.5. The van der Waals surface area contributed by atoms with Crippen molar-refractivity contribution in [2.75, 3.05) is 0 Å². The highest BCUT2D eigenvalue weighted by Gasteiger charge is 2.26. The Bertz CT molecular complexity index is 959. The first-order valence-electron chi connectivity index (χ1n) is 10.0. The molecule has 2 heterocycles. The molecule has 0 aliphatic heterocycles. The molecule has 3 N–H and O–H groups in total. The molecular formula is C21H27N7O. The molecule has 1 fully saturated rings. The number of rotatable bonds is 9. The Morgan fingerprint density at radius 2 is 2.10 bits per heavy atom. The Labute approximate surface area is 170 Å². The fourth-order valence-corrected chi connectivity index (χ4v) is 3.36. The quantitative estimate of drug-likeness (QED) is 0.574. The Kier molecular flexibility index (Phi) is 5.71. The summed E-state index contributed by atoms with van der Waals surface area (Å²) in [5.74, 6) is 2.78. The zero-order chi connectivity index (χ0) is 20.2. The monoisotopic (exact) mass is 393 g/mol. The lowest BCUT2D eigenvalue weighted by Gasteiger charge is -2.13. The van der Waals surface area contributed by atoms with Crippen LogP contribution in [0.4, 0.5) is 0 Å². The number of aromatic nitrogens is 5. The van der Waals surface area contributed by atoms with Crippen LogP contribution in [0.5, 0.6) is 0 Å². The molecule has 0 unspecified atom stereocenters. The van der Waals surface area contributed by atoms with Crippen molar-refractivity contribution in [1.82, 2.24) is 29.6 Å². The number of imidazole rings is 1. The first-order chi connectivity index (χ1) is 14.1. The highest BCUT2D eigenvalue weighted by atomic mass is 16.2. The van der Waals surface area contributed by atoms with Crippen molar-refractivity contribution >= 4 is 5.91 Å². The van der Waals surface area contributed by atoms with Gasteiger partial charge in [0, 0.05) is 25.9 Å². The van der Waals surface area contributed by atoms with Crippen LogP contribution in [0.2, 0.25) is 0 Å². The average Bonchev–Trinajstić information content (AvgIpc) is 3.29. The minimum absolute atomic E-state index is 0.0971. The molecule has 152 valence electrons. The van der Waals surface area contributed by atoms with E-state index < -0.39 is 0 Å². The van der Waals surface area contributed by atoms with Crippen molar-refractivity contribution in [3.8, 4) is 0 Å². The van der Waals surface area contributed by atoms with E-state index in [0.717, 1.165) is 23.6 Å². The number of hydrogen-bond acceptors (Lipinski definition) is 5. The summed E-state index contributed by atoms with van der Waals surface area (Å²) in [6.07, 6.45) is 7.52. The summed E-state index contributed by atoms with van der Waals surface area (Å²) in [5.41, 5.74) is 7.60. The van der Waals surface area contributed by atoms with Gasteiger partial charge in [-0.05, 0) is 30.7 Å². The molecule has 1 atom stereocenters. The number of aryl methyl sites for hydroxylation is 1. The molecule has 3 aromatic rings. The summed E-state index contributed by atoms with van der Waals surface area (Å²) in [6.45, 7) is 0.470. The Balaban J connectivity index is 1.45. The molecule has 1 aliphatic carbocycles. The molecular weight excluding hydrogens is 366 g/mol. The van der Waals surface area contributed by atoms with Gasteiger partial charge in [0.2, 0.25) is 5.91 Å². The van der Waals surface area contributed by atoms with E-state index in [1.165, 1.54) is 12.8 Å². The lowest BCUT2D eigenvalue weighted by atomic mass is 10.1. The third kappa shape index (κ3) is 5.08. The number of nitrogens with zero attached hydrogens (tertiary/aromatic N) is 5. The van der Waals surface area contributed by atoms with Crippen molar-refractivity contribution in [3.05, 3.63) is 65.8 Å². The average molecular weight is 393 g/mol. The van der Waals surface area contributed by atoms with Gasteiger partial charge in [-0.2, -0.15) is 5.10 Å². The van der Waals surface area contributed by atoms with Crippen LogP contribution in [-0.4, -0.2) is 30.2 Å². The fourth-order valence-electron chi connectivity index (χ4n) is 3.36. The topological polar surface area (TPSA) is 104 Å². The molecule has 4 rings (SSSR count). The minimum atomic E-state index is -0.319. The van der Waals surface area contributed by atoms with E-state index in [2.05, 4.69) is 15.4 Å². The van der Waals surface area contributed by atoms with Crippen molar-refractivity contribution in [2.45, 2.75) is 44.8 Å². The molecule has 0 spiro atoms. The van der Waals surface area contributed by atoms with Crippen molar-refractivity contribution < 1.29 is 4.79 Å². The number of benzene rings is 1. The number of nitrogens with two attached hydrogens (primary N) is 1. The molecule has 0 radical (unpaired) electrons. The SMILES string of the molecule is Cn1ccnc1CNC(=O)Cn1nc(CC2CC2)nc1[C@H](N)Cc1ccccc1. The van der Waals surface area contributed by atoms with Gasteiger partial charge in [-0.25, -0.2) is 14.6 Å². The van der Waals surface area contributed by atoms with E-state index in [0.29, 0.717) is 24.7 Å². The van der Waals surface area contributed by atoms with Gasteiger partial charge >= 0.3 is 0 Å². The summed E-state index contributed by atoms with van der Waals surface area (Å²) in [4.78, 5) is 21.4. The number of amides is 1. The molecule has 1 aliphatic rings. The molecule has 0 bridgehead atoms. The molecule has 29 heavy (non-hydrogen) atoms. The number of carbonyl (C=O) groups is 1. The maximum Gasteiger partial charge on any atom is 0.242 e. The van der Waals surface area contributed by atoms with Gasteiger partial charge in [0.15, 0.2) is 5.82 Å². The third-order valence-electron chi connectivity index (χ3n) is 5.20. The smallest absolute Gasteiger partial charge is 0.242 e. The molecule has 0 saturated heterocycles. The second kappa shape index (κ2) is 8.57. The van der Waals surface area contributed by atoms with Gasteiger partial charge in [0.25, 0.3) is 0 Å². The normalized spacial score (nSPS) is 14.7. The standard InChI is InChI=1S/C21H27N7O/c1-27-10-9-23-19(27)13-24-20(29)14-28-21(25-18(26-28)12-16-7-8-16)17(22)11-15-5-3-2-4-6-15/h2-6,9-10,16-17H,7-8,11-14,22H2,1H3,(H,24,29)/t17-/m1/s1. The van der Waals surface area contributed by atoms with Gasteiger partial charge < -0.3 is 15.6 Å². The zero-order valence-corrected chi connectivity index (χ0v) is 16.7. The zero-order valence-electron chi connectivity index (χ0n) is 16.7. The summed E-state index contributed by atoms with van der Waals surface area (Å²) >= 11 is 0. The lowest BCUT2D eigenvalue weighted by Crippen LogP contribution is -2.30. The van der Waals surface area contributed by atoms with E-state index in [4.69, 9.17) is 10.7 Å². The summed E-state index contributed by atoms with van der Waals surface area (Å²) in [5, 5.41) is 7.50. The van der Waals surface area contributed by atoms with E-state index >= 15 is 0 Å². The van der Waals surface area contributed by atoms with Crippen LogP contribution in [0.25, 0.3) is 0 Å². The van der Waals surface area contributed by atoms with Gasteiger partial charge in [-0.3, -0.25) is 4.79 Å². The fraction of sp³-hybridized carbons (Fsp3) is 0.429. The summed E-state index contributed by atoms with van der Waals surface area (Å²) < 4.78 is 3.55. The number of nitrogens with one attached hydrogen (secondary N) is 1. The number of carbonyl (C=O) groups excluding carboxylic acids is 1.